The van der Waals surface area contributed by atoms with Gasteiger partial charge in [-0.2, -0.15) is 13.2 Å². The van der Waals surface area contributed by atoms with Gasteiger partial charge in [0.1, 0.15) is 0 Å². The fourth-order valence-electron chi connectivity index (χ4n) is 2.95. The van der Waals surface area contributed by atoms with Gasteiger partial charge in [0, 0.05) is 24.5 Å². The van der Waals surface area contributed by atoms with E-state index in [0.717, 1.165) is 49.8 Å². The van der Waals surface area contributed by atoms with Crippen LogP contribution in [0.3, 0.4) is 0 Å². The van der Waals surface area contributed by atoms with Crippen LogP contribution in [0.1, 0.15) is 24.8 Å². The average Bonchev–Trinajstić information content (AvgIpc) is 2.62. The molecule has 0 aliphatic carbocycles. The van der Waals surface area contributed by atoms with Gasteiger partial charge in [0.15, 0.2) is 0 Å². The highest BCUT2D eigenvalue weighted by atomic mass is 32.2. The Morgan fingerprint density at radius 2 is 1.58 bits per heavy atom. The lowest BCUT2D eigenvalue weighted by molar-refractivity contribution is -0.137. The average molecular weight is 384 g/mol. The van der Waals surface area contributed by atoms with Crippen molar-refractivity contribution in [2.24, 2.45) is 0 Å². The van der Waals surface area contributed by atoms with Crippen LogP contribution in [0.2, 0.25) is 0 Å². The van der Waals surface area contributed by atoms with Crippen LogP contribution >= 0.6 is 0 Å². The Labute approximate surface area is 150 Å². The van der Waals surface area contributed by atoms with Gasteiger partial charge in [0.2, 0.25) is 0 Å². The SMILES string of the molecule is O=S(=O)(Nc1ccc(N2CCCCC2)cc1)c1cccc(C(F)(F)F)c1. The molecule has 1 fully saturated rings. The Bertz CT molecular complexity index is 859. The minimum absolute atomic E-state index is 0.308. The first-order valence-electron chi connectivity index (χ1n) is 8.31. The summed E-state index contributed by atoms with van der Waals surface area (Å²) in [6, 6.07) is 10.6. The molecule has 2 aromatic carbocycles. The molecule has 1 aliphatic rings. The van der Waals surface area contributed by atoms with Gasteiger partial charge in [-0.15, -0.1) is 0 Å². The summed E-state index contributed by atoms with van der Waals surface area (Å²) in [6.07, 6.45) is -1.12. The van der Waals surface area contributed by atoms with Gasteiger partial charge in [-0.25, -0.2) is 8.42 Å². The van der Waals surface area contributed by atoms with Crippen LogP contribution in [-0.2, 0) is 16.2 Å². The molecule has 0 saturated carbocycles. The molecule has 0 spiro atoms. The summed E-state index contributed by atoms with van der Waals surface area (Å²) in [5.41, 5.74) is 0.315. The lowest BCUT2D eigenvalue weighted by Gasteiger charge is -2.28. The van der Waals surface area contributed by atoms with Crippen molar-refractivity contribution in [3.63, 3.8) is 0 Å². The molecule has 4 nitrogen and oxygen atoms in total. The second-order valence-corrected chi connectivity index (χ2v) is 7.91. The Kier molecular flexibility index (Phi) is 5.13. The van der Waals surface area contributed by atoms with Gasteiger partial charge in [0.05, 0.1) is 10.5 Å². The molecule has 1 aliphatic heterocycles. The highest BCUT2D eigenvalue weighted by Crippen LogP contribution is 2.31. The molecule has 0 unspecified atom stereocenters. The lowest BCUT2D eigenvalue weighted by Crippen LogP contribution is -2.29. The zero-order chi connectivity index (χ0) is 18.8. The number of rotatable bonds is 4. The third-order valence-corrected chi connectivity index (χ3v) is 5.69. The van der Waals surface area contributed by atoms with E-state index in [1.165, 1.54) is 6.42 Å². The van der Waals surface area contributed by atoms with Crippen LogP contribution in [0.25, 0.3) is 0 Å². The summed E-state index contributed by atoms with van der Waals surface area (Å²) in [5, 5.41) is 0. The molecule has 3 rings (SSSR count). The van der Waals surface area contributed by atoms with Gasteiger partial charge in [-0.05, 0) is 61.7 Å². The highest BCUT2D eigenvalue weighted by Gasteiger charge is 2.31. The minimum atomic E-state index is -4.60. The molecule has 0 radical (unpaired) electrons. The van der Waals surface area contributed by atoms with Crippen LogP contribution in [0.5, 0.6) is 0 Å². The summed E-state index contributed by atoms with van der Waals surface area (Å²) < 4.78 is 65.4. The first kappa shape index (κ1) is 18.6. The molecule has 0 aromatic heterocycles. The van der Waals surface area contributed by atoms with Crippen molar-refractivity contribution < 1.29 is 21.6 Å². The van der Waals surface area contributed by atoms with Crippen molar-refractivity contribution in [1.29, 1.82) is 0 Å². The fraction of sp³-hybridized carbons (Fsp3) is 0.333. The van der Waals surface area contributed by atoms with Crippen LogP contribution in [0, 0.1) is 0 Å². The molecular formula is C18H19F3N2O2S. The van der Waals surface area contributed by atoms with E-state index in [-0.39, 0.29) is 0 Å². The summed E-state index contributed by atoms with van der Waals surface area (Å²) in [7, 11) is -4.10. The second kappa shape index (κ2) is 7.19. The normalized spacial score (nSPS) is 15.7. The molecule has 2 aromatic rings. The number of benzene rings is 2. The van der Waals surface area contributed by atoms with E-state index in [4.69, 9.17) is 0 Å². The number of anilines is 2. The van der Waals surface area contributed by atoms with Crippen molar-refractivity contribution in [2.45, 2.75) is 30.3 Å². The van der Waals surface area contributed by atoms with Gasteiger partial charge in [-0.3, -0.25) is 4.72 Å². The first-order chi connectivity index (χ1) is 12.3. The predicted octanol–water partition coefficient (Wildman–Crippen LogP) is 4.50. The molecule has 26 heavy (non-hydrogen) atoms. The van der Waals surface area contributed by atoms with E-state index in [0.29, 0.717) is 11.8 Å². The lowest BCUT2D eigenvalue weighted by atomic mass is 10.1. The van der Waals surface area contributed by atoms with Crippen LogP contribution in [-0.4, -0.2) is 21.5 Å². The largest absolute Gasteiger partial charge is 0.416 e. The third kappa shape index (κ3) is 4.30. The number of nitrogens with one attached hydrogen (secondary N) is 1. The molecule has 8 heteroatoms. The molecule has 1 heterocycles. The number of piperidine rings is 1. The molecular weight excluding hydrogens is 365 g/mol. The van der Waals surface area contributed by atoms with Gasteiger partial charge in [-0.1, -0.05) is 6.07 Å². The summed E-state index contributed by atoms with van der Waals surface area (Å²) in [4.78, 5) is 1.81. The Hall–Kier alpha value is -2.22. The molecule has 0 bridgehead atoms. The monoisotopic (exact) mass is 384 g/mol. The maximum Gasteiger partial charge on any atom is 0.416 e. The smallest absolute Gasteiger partial charge is 0.372 e. The second-order valence-electron chi connectivity index (χ2n) is 6.23. The maximum atomic E-state index is 12.8. The molecule has 1 N–H and O–H groups in total. The molecule has 0 amide bonds. The molecule has 140 valence electrons. The van der Waals surface area contributed by atoms with E-state index < -0.39 is 26.7 Å². The quantitative estimate of drug-likeness (QED) is 0.845. The predicted molar refractivity (Wildman–Crippen MR) is 94.8 cm³/mol. The van der Waals surface area contributed by atoms with Crippen molar-refractivity contribution >= 4 is 21.4 Å². The zero-order valence-electron chi connectivity index (χ0n) is 14.0. The third-order valence-electron chi connectivity index (χ3n) is 4.31. The molecule has 1 saturated heterocycles. The standard InChI is InChI=1S/C18H19F3N2O2S/c19-18(20,21)14-5-4-6-17(13-14)26(24,25)22-15-7-9-16(10-8-15)23-11-2-1-3-12-23/h4-10,13,22H,1-3,11-12H2. The van der Waals surface area contributed by atoms with Crippen molar-refractivity contribution in [1.82, 2.24) is 0 Å². The minimum Gasteiger partial charge on any atom is -0.372 e. The number of sulfonamides is 1. The number of hydrogen-bond acceptors (Lipinski definition) is 3. The van der Waals surface area contributed by atoms with Crippen molar-refractivity contribution in [3.8, 4) is 0 Å². The van der Waals surface area contributed by atoms with E-state index in [1.54, 1.807) is 12.1 Å². The van der Waals surface area contributed by atoms with Crippen LogP contribution < -0.4 is 9.62 Å². The maximum absolute atomic E-state index is 12.8. The van der Waals surface area contributed by atoms with E-state index in [9.17, 15) is 21.6 Å². The van der Waals surface area contributed by atoms with Crippen molar-refractivity contribution in [2.75, 3.05) is 22.7 Å². The fourth-order valence-corrected chi connectivity index (χ4v) is 4.05. The van der Waals surface area contributed by atoms with Crippen LogP contribution in [0.4, 0.5) is 24.5 Å². The zero-order valence-corrected chi connectivity index (χ0v) is 14.8. The number of hydrogen-bond donors (Lipinski definition) is 1. The van der Waals surface area contributed by atoms with E-state index in [1.807, 2.05) is 12.1 Å². The topological polar surface area (TPSA) is 49.4 Å². The summed E-state index contributed by atoms with van der Waals surface area (Å²) >= 11 is 0. The van der Waals surface area contributed by atoms with Gasteiger partial charge >= 0.3 is 6.18 Å². The summed E-state index contributed by atoms with van der Waals surface area (Å²) in [6.45, 7) is 1.94. The van der Waals surface area contributed by atoms with E-state index in [2.05, 4.69) is 9.62 Å². The summed E-state index contributed by atoms with van der Waals surface area (Å²) in [5.74, 6) is 0. The Morgan fingerprint density at radius 1 is 0.923 bits per heavy atom. The van der Waals surface area contributed by atoms with E-state index >= 15 is 0 Å². The number of nitrogens with zero attached hydrogens (tertiary/aromatic N) is 1. The Morgan fingerprint density at radius 3 is 2.19 bits per heavy atom. The highest BCUT2D eigenvalue weighted by molar-refractivity contribution is 7.92. The van der Waals surface area contributed by atoms with Crippen molar-refractivity contribution in [3.05, 3.63) is 54.1 Å². The van der Waals surface area contributed by atoms with Gasteiger partial charge in [0.25, 0.3) is 10.0 Å². The molecule has 0 atom stereocenters. The Balaban J connectivity index is 1.77. The van der Waals surface area contributed by atoms with Gasteiger partial charge < -0.3 is 4.90 Å². The van der Waals surface area contributed by atoms with Crippen LogP contribution in [0.15, 0.2) is 53.4 Å². The first-order valence-corrected chi connectivity index (χ1v) is 9.79. The number of halogens is 3. The number of alkyl halides is 3.